The minimum Gasteiger partial charge on any atom is -0.342 e. The highest BCUT2D eigenvalue weighted by Crippen LogP contribution is 2.12. The molecule has 0 aromatic heterocycles. The second-order valence-corrected chi connectivity index (χ2v) is 5.81. The van der Waals surface area contributed by atoms with Crippen molar-refractivity contribution in [3.8, 4) is 0 Å². The van der Waals surface area contributed by atoms with Crippen molar-refractivity contribution in [1.29, 1.82) is 0 Å². The number of aryl methyl sites for hydroxylation is 1. The number of nitrogens with zero attached hydrogens (tertiary/aromatic N) is 1. The molecule has 0 heterocycles. The van der Waals surface area contributed by atoms with Crippen LogP contribution in [0.15, 0.2) is 48.5 Å². The summed E-state index contributed by atoms with van der Waals surface area (Å²) in [7, 11) is 1.75. The maximum atomic E-state index is 12.1. The van der Waals surface area contributed by atoms with Crippen LogP contribution < -0.4 is 10.6 Å². The van der Waals surface area contributed by atoms with E-state index in [1.54, 1.807) is 11.9 Å². The molecule has 0 saturated heterocycles. The van der Waals surface area contributed by atoms with Crippen LogP contribution in [0.5, 0.6) is 0 Å². The summed E-state index contributed by atoms with van der Waals surface area (Å²) in [6.07, 6.45) is 0. The Labute approximate surface area is 142 Å². The topological polar surface area (TPSA) is 61.4 Å². The lowest BCUT2D eigenvalue weighted by atomic mass is 10.1. The average molecular weight is 325 g/mol. The molecule has 0 radical (unpaired) electrons. The largest absolute Gasteiger partial charge is 0.342 e. The van der Waals surface area contributed by atoms with E-state index < -0.39 is 0 Å². The van der Waals surface area contributed by atoms with E-state index in [9.17, 15) is 9.59 Å². The van der Waals surface area contributed by atoms with Gasteiger partial charge in [0.2, 0.25) is 5.91 Å². The van der Waals surface area contributed by atoms with Crippen LogP contribution in [0.25, 0.3) is 0 Å². The Morgan fingerprint density at radius 1 is 1.08 bits per heavy atom. The summed E-state index contributed by atoms with van der Waals surface area (Å²) in [6.45, 7) is 4.53. The first-order valence-corrected chi connectivity index (χ1v) is 7.85. The summed E-state index contributed by atoms with van der Waals surface area (Å²) in [6, 6.07) is 15.2. The third-order valence-electron chi connectivity index (χ3n) is 3.84. The fourth-order valence-electron chi connectivity index (χ4n) is 2.29. The summed E-state index contributed by atoms with van der Waals surface area (Å²) < 4.78 is 0. The molecule has 0 aliphatic rings. The Morgan fingerprint density at radius 3 is 2.54 bits per heavy atom. The zero-order valence-corrected chi connectivity index (χ0v) is 14.3. The van der Waals surface area contributed by atoms with E-state index in [1.807, 2.05) is 55.5 Å². The van der Waals surface area contributed by atoms with E-state index >= 15 is 0 Å². The van der Waals surface area contributed by atoms with Gasteiger partial charge in [0.05, 0.1) is 0 Å². The van der Waals surface area contributed by atoms with Crippen LogP contribution >= 0.6 is 0 Å². The van der Waals surface area contributed by atoms with Crippen molar-refractivity contribution in [2.75, 3.05) is 12.4 Å². The van der Waals surface area contributed by atoms with Gasteiger partial charge in [-0.25, -0.2) is 4.79 Å². The summed E-state index contributed by atoms with van der Waals surface area (Å²) >= 11 is 0. The summed E-state index contributed by atoms with van der Waals surface area (Å²) in [5.41, 5.74) is 3.90. The van der Waals surface area contributed by atoms with Gasteiger partial charge in [-0.05, 0) is 35.7 Å². The molecule has 0 fully saturated rings. The second-order valence-electron chi connectivity index (χ2n) is 5.81. The zero-order valence-electron chi connectivity index (χ0n) is 14.3. The first kappa shape index (κ1) is 17.5. The van der Waals surface area contributed by atoms with Gasteiger partial charge in [0.15, 0.2) is 0 Å². The summed E-state index contributed by atoms with van der Waals surface area (Å²) in [4.78, 5) is 25.0. The van der Waals surface area contributed by atoms with Gasteiger partial charge in [-0.15, -0.1) is 0 Å². The van der Waals surface area contributed by atoms with Gasteiger partial charge in [-0.2, -0.15) is 0 Å². The lowest BCUT2D eigenvalue weighted by molar-refractivity contribution is -0.128. The number of anilines is 1. The molecule has 5 nitrogen and oxygen atoms in total. The molecule has 2 N–H and O–H groups in total. The number of carbonyl (C=O) groups is 2. The van der Waals surface area contributed by atoms with Crippen molar-refractivity contribution in [2.24, 2.45) is 0 Å². The van der Waals surface area contributed by atoms with E-state index in [-0.39, 0.29) is 11.9 Å². The molecule has 0 spiro atoms. The number of benzene rings is 2. The number of carbonyl (C=O) groups excluding carboxylic acids is 2. The smallest absolute Gasteiger partial charge is 0.319 e. The van der Waals surface area contributed by atoms with Crippen molar-refractivity contribution in [1.82, 2.24) is 10.2 Å². The predicted octanol–water partition coefficient (Wildman–Crippen LogP) is 3.30. The van der Waals surface area contributed by atoms with Crippen molar-refractivity contribution in [3.05, 3.63) is 65.2 Å². The molecule has 0 aliphatic carbocycles. The lowest BCUT2D eigenvalue weighted by Gasteiger charge is -2.15. The van der Waals surface area contributed by atoms with E-state index in [0.29, 0.717) is 18.8 Å². The summed E-state index contributed by atoms with van der Waals surface area (Å²) in [5, 5.41) is 5.67. The van der Waals surface area contributed by atoms with Crippen molar-refractivity contribution < 1.29 is 9.59 Å². The molecule has 3 amide bonds. The normalized spacial score (nSPS) is 10.1. The van der Waals surface area contributed by atoms with E-state index in [4.69, 9.17) is 0 Å². The molecular formula is C19H23N3O2. The Hall–Kier alpha value is -2.82. The molecule has 2 rings (SSSR count). The minimum absolute atomic E-state index is 0.00402. The van der Waals surface area contributed by atoms with E-state index in [1.165, 1.54) is 6.92 Å². The average Bonchev–Trinajstić information content (AvgIpc) is 2.54. The monoisotopic (exact) mass is 325 g/mol. The molecule has 0 atom stereocenters. The number of hydrogen-bond donors (Lipinski definition) is 2. The molecule has 0 bridgehead atoms. The van der Waals surface area contributed by atoms with Gasteiger partial charge in [0, 0.05) is 32.7 Å². The molecule has 0 aliphatic heterocycles. The minimum atomic E-state index is -0.254. The van der Waals surface area contributed by atoms with Crippen LogP contribution in [-0.2, 0) is 17.9 Å². The van der Waals surface area contributed by atoms with Gasteiger partial charge < -0.3 is 15.5 Å². The second kappa shape index (κ2) is 8.15. The van der Waals surface area contributed by atoms with Crippen molar-refractivity contribution >= 4 is 17.6 Å². The van der Waals surface area contributed by atoms with Crippen LogP contribution in [0.4, 0.5) is 10.5 Å². The molecular weight excluding hydrogens is 302 g/mol. The standard InChI is InChI=1S/C19H23N3O2/c1-14-7-4-5-9-17(14)12-20-19(24)21-18-10-6-8-16(11-18)13-22(3)15(2)23/h4-11H,12-13H2,1-3H3,(H2,20,21,24). The van der Waals surface area contributed by atoms with Crippen LogP contribution in [-0.4, -0.2) is 23.9 Å². The fraction of sp³-hybridized carbons (Fsp3) is 0.263. The van der Waals surface area contributed by atoms with Gasteiger partial charge in [0.1, 0.15) is 0 Å². The molecule has 2 aromatic carbocycles. The van der Waals surface area contributed by atoms with E-state index in [2.05, 4.69) is 10.6 Å². The summed E-state index contributed by atoms with van der Waals surface area (Å²) in [5.74, 6) is 0.00402. The third-order valence-corrected chi connectivity index (χ3v) is 3.84. The molecule has 24 heavy (non-hydrogen) atoms. The lowest BCUT2D eigenvalue weighted by Crippen LogP contribution is -2.28. The van der Waals surface area contributed by atoms with Gasteiger partial charge in [-0.1, -0.05) is 36.4 Å². The molecule has 0 unspecified atom stereocenters. The van der Waals surface area contributed by atoms with Crippen molar-refractivity contribution in [2.45, 2.75) is 26.9 Å². The third kappa shape index (κ3) is 5.12. The van der Waals surface area contributed by atoms with Crippen LogP contribution in [0.3, 0.4) is 0 Å². The Morgan fingerprint density at radius 2 is 1.83 bits per heavy atom. The Balaban J connectivity index is 1.92. The zero-order chi connectivity index (χ0) is 17.5. The first-order valence-electron chi connectivity index (χ1n) is 7.85. The highest BCUT2D eigenvalue weighted by atomic mass is 16.2. The molecule has 126 valence electrons. The highest BCUT2D eigenvalue weighted by molar-refractivity contribution is 5.89. The molecule has 2 aromatic rings. The SMILES string of the molecule is CC(=O)N(C)Cc1cccc(NC(=O)NCc2ccccc2C)c1. The van der Waals surface area contributed by atoms with Gasteiger partial charge in [-0.3, -0.25) is 4.79 Å². The number of amides is 3. The predicted molar refractivity (Wildman–Crippen MR) is 95.6 cm³/mol. The quantitative estimate of drug-likeness (QED) is 0.886. The van der Waals surface area contributed by atoms with Gasteiger partial charge >= 0.3 is 6.03 Å². The number of hydrogen-bond acceptors (Lipinski definition) is 2. The maximum Gasteiger partial charge on any atom is 0.319 e. The van der Waals surface area contributed by atoms with Crippen molar-refractivity contribution in [3.63, 3.8) is 0 Å². The van der Waals surface area contributed by atoms with Crippen LogP contribution in [0.2, 0.25) is 0 Å². The van der Waals surface area contributed by atoms with Gasteiger partial charge in [0.25, 0.3) is 0 Å². The molecule has 5 heteroatoms. The first-order chi connectivity index (χ1) is 11.5. The number of nitrogens with one attached hydrogen (secondary N) is 2. The number of urea groups is 1. The van der Waals surface area contributed by atoms with Crippen LogP contribution in [0, 0.1) is 6.92 Å². The molecule has 0 saturated carbocycles. The van der Waals surface area contributed by atoms with Crippen LogP contribution in [0.1, 0.15) is 23.6 Å². The Kier molecular flexibility index (Phi) is 5.95. The van der Waals surface area contributed by atoms with E-state index in [0.717, 1.165) is 16.7 Å². The number of rotatable bonds is 5. The Bertz CT molecular complexity index is 728. The highest BCUT2D eigenvalue weighted by Gasteiger charge is 2.06. The fourth-order valence-corrected chi connectivity index (χ4v) is 2.29. The maximum absolute atomic E-state index is 12.1.